The molecule has 1 heterocycles. The van der Waals surface area contributed by atoms with Gasteiger partial charge < -0.3 is 0 Å². The SMILES string of the molecule is Cc1ccccc1C[n+]1ccc(-c2ccccc2)cc1. The minimum atomic E-state index is 0.918. The fourth-order valence-corrected chi connectivity index (χ4v) is 2.37. The minimum Gasteiger partial charge on any atom is -0.201 e. The fourth-order valence-electron chi connectivity index (χ4n) is 2.37. The molecule has 0 amide bonds. The van der Waals surface area contributed by atoms with Gasteiger partial charge in [-0.15, -0.1) is 0 Å². The fraction of sp³-hybridized carbons (Fsp3) is 0.105. The molecule has 98 valence electrons. The Kier molecular flexibility index (Phi) is 3.60. The van der Waals surface area contributed by atoms with E-state index in [9.17, 15) is 0 Å². The van der Waals surface area contributed by atoms with Crippen LogP contribution in [0, 0.1) is 6.92 Å². The zero-order valence-corrected chi connectivity index (χ0v) is 11.7. The summed E-state index contributed by atoms with van der Waals surface area (Å²) in [6.07, 6.45) is 4.30. The number of hydrogen-bond acceptors (Lipinski definition) is 0. The lowest BCUT2D eigenvalue weighted by Crippen LogP contribution is -2.33. The third kappa shape index (κ3) is 2.77. The Balaban J connectivity index is 1.82. The van der Waals surface area contributed by atoms with Crippen molar-refractivity contribution in [2.45, 2.75) is 13.5 Å². The van der Waals surface area contributed by atoms with Crippen molar-refractivity contribution in [1.82, 2.24) is 0 Å². The van der Waals surface area contributed by atoms with Crippen molar-refractivity contribution in [2.75, 3.05) is 0 Å². The van der Waals surface area contributed by atoms with Crippen molar-refractivity contribution in [2.24, 2.45) is 0 Å². The molecular weight excluding hydrogens is 242 g/mol. The van der Waals surface area contributed by atoms with Crippen LogP contribution in [0.1, 0.15) is 11.1 Å². The van der Waals surface area contributed by atoms with Gasteiger partial charge in [0, 0.05) is 17.7 Å². The second-order valence-electron chi connectivity index (χ2n) is 5.05. The molecule has 1 aromatic heterocycles. The molecule has 0 aliphatic carbocycles. The van der Waals surface area contributed by atoms with Gasteiger partial charge in [0.15, 0.2) is 18.9 Å². The van der Waals surface area contributed by atoms with E-state index in [2.05, 4.69) is 84.5 Å². The quantitative estimate of drug-likeness (QED) is 0.627. The molecule has 0 unspecified atom stereocenters. The van der Waals surface area contributed by atoms with E-state index in [1.54, 1.807) is 0 Å². The van der Waals surface area contributed by atoms with Gasteiger partial charge in [0.25, 0.3) is 0 Å². The topological polar surface area (TPSA) is 3.88 Å². The number of benzene rings is 2. The summed E-state index contributed by atoms with van der Waals surface area (Å²) in [7, 11) is 0. The molecule has 20 heavy (non-hydrogen) atoms. The lowest BCUT2D eigenvalue weighted by Gasteiger charge is -2.03. The maximum atomic E-state index is 2.22. The summed E-state index contributed by atoms with van der Waals surface area (Å²) >= 11 is 0. The Morgan fingerprint density at radius 1 is 0.700 bits per heavy atom. The van der Waals surface area contributed by atoms with E-state index in [0.717, 1.165) is 6.54 Å². The average Bonchev–Trinajstić information content (AvgIpc) is 2.51. The van der Waals surface area contributed by atoms with Crippen molar-refractivity contribution in [3.05, 3.63) is 90.3 Å². The molecular formula is C19H18N+. The van der Waals surface area contributed by atoms with Crippen LogP contribution in [0.3, 0.4) is 0 Å². The second-order valence-corrected chi connectivity index (χ2v) is 5.05. The van der Waals surface area contributed by atoms with E-state index in [1.165, 1.54) is 22.3 Å². The van der Waals surface area contributed by atoms with Crippen molar-refractivity contribution in [3.8, 4) is 11.1 Å². The second kappa shape index (κ2) is 5.70. The van der Waals surface area contributed by atoms with E-state index < -0.39 is 0 Å². The van der Waals surface area contributed by atoms with Crippen molar-refractivity contribution >= 4 is 0 Å². The van der Waals surface area contributed by atoms with Gasteiger partial charge in [-0.05, 0) is 23.6 Å². The van der Waals surface area contributed by atoms with Crippen LogP contribution in [0.5, 0.6) is 0 Å². The molecule has 3 aromatic rings. The smallest absolute Gasteiger partial charge is 0.174 e. The highest BCUT2D eigenvalue weighted by Crippen LogP contribution is 2.16. The molecule has 0 saturated heterocycles. The van der Waals surface area contributed by atoms with Crippen LogP contribution >= 0.6 is 0 Å². The maximum absolute atomic E-state index is 2.22. The Morgan fingerprint density at radius 3 is 2.00 bits per heavy atom. The van der Waals surface area contributed by atoms with Crippen LogP contribution in [0.4, 0.5) is 0 Å². The zero-order chi connectivity index (χ0) is 13.8. The Hall–Kier alpha value is -2.41. The largest absolute Gasteiger partial charge is 0.201 e. The van der Waals surface area contributed by atoms with E-state index in [1.807, 2.05) is 6.07 Å². The van der Waals surface area contributed by atoms with Gasteiger partial charge >= 0.3 is 0 Å². The average molecular weight is 260 g/mol. The van der Waals surface area contributed by atoms with Gasteiger partial charge in [0.1, 0.15) is 0 Å². The van der Waals surface area contributed by atoms with Gasteiger partial charge in [-0.2, -0.15) is 0 Å². The summed E-state index contributed by atoms with van der Waals surface area (Å²) in [4.78, 5) is 0. The predicted octanol–water partition coefficient (Wildman–Crippen LogP) is 4.00. The molecule has 0 bridgehead atoms. The molecule has 1 nitrogen and oxygen atoms in total. The Bertz CT molecular complexity index is 684. The Labute approximate surface area is 120 Å². The first-order valence-electron chi connectivity index (χ1n) is 6.92. The minimum absolute atomic E-state index is 0.918. The van der Waals surface area contributed by atoms with E-state index in [4.69, 9.17) is 0 Å². The zero-order valence-electron chi connectivity index (χ0n) is 11.7. The van der Waals surface area contributed by atoms with Crippen LogP contribution < -0.4 is 4.57 Å². The molecule has 0 aliphatic rings. The van der Waals surface area contributed by atoms with E-state index in [0.29, 0.717) is 0 Å². The third-order valence-corrected chi connectivity index (χ3v) is 3.61. The number of pyridine rings is 1. The summed E-state index contributed by atoms with van der Waals surface area (Å²) < 4.78 is 2.22. The summed E-state index contributed by atoms with van der Waals surface area (Å²) in [5.74, 6) is 0. The number of aryl methyl sites for hydroxylation is 1. The number of rotatable bonds is 3. The molecule has 0 fully saturated rings. The molecule has 0 atom stereocenters. The third-order valence-electron chi connectivity index (χ3n) is 3.61. The first kappa shape index (κ1) is 12.6. The summed E-state index contributed by atoms with van der Waals surface area (Å²) in [6, 6.07) is 23.4. The standard InChI is InChI=1S/C19H18N/c1-16-7-5-6-10-19(16)15-20-13-11-18(12-14-20)17-8-3-2-4-9-17/h2-14H,15H2,1H3/q+1. The first-order valence-corrected chi connectivity index (χ1v) is 6.92. The molecule has 0 N–H and O–H groups in total. The van der Waals surface area contributed by atoms with E-state index >= 15 is 0 Å². The molecule has 3 rings (SSSR count). The highest BCUT2D eigenvalue weighted by atomic mass is 14.9. The van der Waals surface area contributed by atoms with Gasteiger partial charge in [0.2, 0.25) is 0 Å². The van der Waals surface area contributed by atoms with Crippen LogP contribution in [-0.2, 0) is 6.54 Å². The summed E-state index contributed by atoms with van der Waals surface area (Å²) in [5.41, 5.74) is 5.22. The van der Waals surface area contributed by atoms with Crippen LogP contribution in [0.25, 0.3) is 11.1 Å². The predicted molar refractivity (Wildman–Crippen MR) is 82.4 cm³/mol. The first-order chi connectivity index (χ1) is 9.83. The van der Waals surface area contributed by atoms with E-state index in [-0.39, 0.29) is 0 Å². The van der Waals surface area contributed by atoms with Crippen LogP contribution in [0.2, 0.25) is 0 Å². The summed E-state index contributed by atoms with van der Waals surface area (Å²) in [6.45, 7) is 3.08. The monoisotopic (exact) mass is 260 g/mol. The van der Waals surface area contributed by atoms with Gasteiger partial charge in [-0.25, -0.2) is 4.57 Å². The van der Waals surface area contributed by atoms with Crippen molar-refractivity contribution in [3.63, 3.8) is 0 Å². The number of nitrogens with zero attached hydrogens (tertiary/aromatic N) is 1. The molecule has 0 radical (unpaired) electrons. The Morgan fingerprint density at radius 2 is 1.30 bits per heavy atom. The highest BCUT2D eigenvalue weighted by Gasteiger charge is 2.05. The molecule has 0 saturated carbocycles. The normalized spacial score (nSPS) is 10.4. The van der Waals surface area contributed by atoms with Crippen LogP contribution in [-0.4, -0.2) is 0 Å². The molecule has 0 aliphatic heterocycles. The van der Waals surface area contributed by atoms with Crippen molar-refractivity contribution in [1.29, 1.82) is 0 Å². The lowest BCUT2D eigenvalue weighted by molar-refractivity contribution is -0.688. The highest BCUT2D eigenvalue weighted by molar-refractivity contribution is 5.61. The molecule has 2 aromatic carbocycles. The number of aromatic nitrogens is 1. The van der Waals surface area contributed by atoms with Crippen molar-refractivity contribution < 1.29 is 4.57 Å². The maximum Gasteiger partial charge on any atom is 0.174 e. The summed E-state index contributed by atoms with van der Waals surface area (Å²) in [5, 5.41) is 0. The van der Waals surface area contributed by atoms with Crippen LogP contribution in [0.15, 0.2) is 79.1 Å². The lowest BCUT2D eigenvalue weighted by atomic mass is 10.1. The molecule has 1 heteroatoms. The van der Waals surface area contributed by atoms with Gasteiger partial charge in [-0.3, -0.25) is 0 Å². The van der Waals surface area contributed by atoms with Gasteiger partial charge in [0.05, 0.1) is 0 Å². The number of hydrogen-bond donors (Lipinski definition) is 0. The van der Waals surface area contributed by atoms with Gasteiger partial charge in [-0.1, -0.05) is 54.6 Å². The molecule has 0 spiro atoms.